The van der Waals surface area contributed by atoms with E-state index < -0.39 is 18.0 Å². The van der Waals surface area contributed by atoms with Gasteiger partial charge in [0.2, 0.25) is 0 Å². The Morgan fingerprint density at radius 3 is 2.56 bits per heavy atom. The first kappa shape index (κ1) is 19.3. The molecule has 0 unspecified atom stereocenters. The van der Waals surface area contributed by atoms with E-state index in [1.165, 1.54) is 30.8 Å². The van der Waals surface area contributed by atoms with E-state index in [0.717, 1.165) is 4.90 Å². The highest BCUT2D eigenvalue weighted by molar-refractivity contribution is 7.99. The largest absolute Gasteiger partial charge is 0.453 e. The normalized spacial score (nSPS) is 11.6. The number of rotatable bonds is 7. The third-order valence-electron chi connectivity index (χ3n) is 3.20. The summed E-state index contributed by atoms with van der Waals surface area (Å²) in [6.07, 6.45) is -0.786. The molecule has 1 N–H and O–H groups in total. The summed E-state index contributed by atoms with van der Waals surface area (Å²) in [7, 11) is 0. The minimum Gasteiger partial charge on any atom is -0.453 e. The van der Waals surface area contributed by atoms with Crippen LogP contribution in [0.4, 0.5) is 10.1 Å². The van der Waals surface area contributed by atoms with Crippen LogP contribution >= 0.6 is 23.4 Å². The number of para-hydroxylation sites is 1. The molecule has 1 amide bonds. The molecule has 25 heavy (non-hydrogen) atoms. The van der Waals surface area contributed by atoms with Crippen LogP contribution in [0.1, 0.15) is 13.3 Å². The zero-order valence-electron chi connectivity index (χ0n) is 13.5. The van der Waals surface area contributed by atoms with Crippen LogP contribution in [0.2, 0.25) is 5.02 Å². The maximum Gasteiger partial charge on any atom is 0.307 e. The predicted molar refractivity (Wildman–Crippen MR) is 97.4 cm³/mol. The van der Waals surface area contributed by atoms with Gasteiger partial charge in [-0.1, -0.05) is 23.7 Å². The van der Waals surface area contributed by atoms with Crippen LogP contribution in [0.5, 0.6) is 0 Å². The van der Waals surface area contributed by atoms with Crippen LogP contribution in [-0.4, -0.2) is 23.7 Å². The van der Waals surface area contributed by atoms with E-state index in [1.54, 1.807) is 36.4 Å². The number of esters is 1. The van der Waals surface area contributed by atoms with Crippen molar-refractivity contribution in [2.75, 3.05) is 11.1 Å². The highest BCUT2D eigenvalue weighted by Crippen LogP contribution is 2.21. The average molecular weight is 382 g/mol. The Morgan fingerprint density at radius 1 is 1.20 bits per heavy atom. The molecule has 4 nitrogen and oxygen atoms in total. The van der Waals surface area contributed by atoms with Gasteiger partial charge in [0.05, 0.1) is 17.1 Å². The molecule has 0 aliphatic heterocycles. The number of thioether (sulfide) groups is 1. The lowest BCUT2D eigenvalue weighted by molar-refractivity contribution is -0.152. The molecule has 7 heteroatoms. The topological polar surface area (TPSA) is 55.4 Å². The molecule has 2 rings (SSSR count). The summed E-state index contributed by atoms with van der Waals surface area (Å²) >= 11 is 7.38. The van der Waals surface area contributed by atoms with Crippen molar-refractivity contribution in [3.63, 3.8) is 0 Å². The van der Waals surface area contributed by atoms with E-state index in [0.29, 0.717) is 16.5 Å². The fraction of sp³-hybridized carbons (Fsp3) is 0.222. The summed E-state index contributed by atoms with van der Waals surface area (Å²) in [4.78, 5) is 24.7. The smallest absolute Gasteiger partial charge is 0.307 e. The Bertz CT molecular complexity index is 739. The molecule has 0 fully saturated rings. The summed E-state index contributed by atoms with van der Waals surface area (Å²) < 4.78 is 17.9. The number of nitrogens with one attached hydrogen (secondary N) is 1. The molecule has 0 heterocycles. The Labute approximate surface area is 154 Å². The van der Waals surface area contributed by atoms with Gasteiger partial charge in [-0.15, -0.1) is 11.8 Å². The Balaban J connectivity index is 1.74. The molecule has 0 aliphatic rings. The van der Waals surface area contributed by atoms with Crippen LogP contribution in [-0.2, 0) is 14.3 Å². The van der Waals surface area contributed by atoms with Crippen molar-refractivity contribution >= 4 is 40.9 Å². The van der Waals surface area contributed by atoms with Crippen molar-refractivity contribution in [1.29, 1.82) is 0 Å². The molecule has 2 aromatic carbocycles. The monoisotopic (exact) mass is 381 g/mol. The Morgan fingerprint density at radius 2 is 1.88 bits per heavy atom. The van der Waals surface area contributed by atoms with E-state index in [-0.39, 0.29) is 12.2 Å². The highest BCUT2D eigenvalue weighted by atomic mass is 35.5. The number of halogens is 2. The zero-order valence-corrected chi connectivity index (χ0v) is 15.1. The van der Waals surface area contributed by atoms with Crippen LogP contribution in [0.3, 0.4) is 0 Å². The fourth-order valence-electron chi connectivity index (χ4n) is 1.89. The summed E-state index contributed by atoms with van der Waals surface area (Å²) in [6, 6.07) is 12.8. The Hall–Kier alpha value is -2.05. The van der Waals surface area contributed by atoms with Gasteiger partial charge in [-0.25, -0.2) is 4.39 Å². The molecule has 0 bridgehead atoms. The molecule has 0 saturated carbocycles. The minimum atomic E-state index is -0.931. The molecule has 0 radical (unpaired) electrons. The van der Waals surface area contributed by atoms with E-state index in [9.17, 15) is 14.0 Å². The molecular formula is C18H17ClFNO3S. The number of amides is 1. The van der Waals surface area contributed by atoms with Crippen LogP contribution in [0, 0.1) is 5.82 Å². The lowest BCUT2D eigenvalue weighted by atomic mass is 10.3. The van der Waals surface area contributed by atoms with Crippen LogP contribution < -0.4 is 5.32 Å². The molecule has 0 saturated heterocycles. The van der Waals surface area contributed by atoms with Gasteiger partial charge in [-0.05, 0) is 43.3 Å². The molecule has 132 valence electrons. The summed E-state index contributed by atoms with van der Waals surface area (Å²) in [5.41, 5.74) is 0.462. The minimum absolute atomic E-state index is 0.145. The van der Waals surface area contributed by atoms with Gasteiger partial charge in [0, 0.05) is 10.6 Å². The van der Waals surface area contributed by atoms with Gasteiger partial charge in [0.25, 0.3) is 5.91 Å². The second-order valence-corrected chi connectivity index (χ2v) is 6.73. The van der Waals surface area contributed by atoms with Gasteiger partial charge >= 0.3 is 5.97 Å². The summed E-state index contributed by atoms with van der Waals surface area (Å²) in [5, 5.41) is 3.02. The maximum absolute atomic E-state index is 12.8. The van der Waals surface area contributed by atoms with Crippen molar-refractivity contribution in [2.24, 2.45) is 0 Å². The van der Waals surface area contributed by atoms with Crippen molar-refractivity contribution in [3.8, 4) is 0 Å². The van der Waals surface area contributed by atoms with Gasteiger partial charge in [0.1, 0.15) is 5.82 Å². The van der Waals surface area contributed by atoms with E-state index in [1.807, 2.05) is 0 Å². The second-order valence-electron chi connectivity index (χ2n) is 5.15. The Kier molecular flexibility index (Phi) is 7.28. The standard InChI is InChI=1S/C18H17ClFNO3S/c1-12(18(23)21-16-5-3-2-4-15(16)19)24-17(22)10-11-25-14-8-6-13(20)7-9-14/h2-9,12H,10-11H2,1H3,(H,21,23)/t12-/m1/s1. The van der Waals surface area contributed by atoms with E-state index >= 15 is 0 Å². The quantitative estimate of drug-likeness (QED) is 0.565. The fourth-order valence-corrected chi connectivity index (χ4v) is 2.91. The highest BCUT2D eigenvalue weighted by Gasteiger charge is 2.18. The lowest BCUT2D eigenvalue weighted by Gasteiger charge is -2.14. The number of hydrogen-bond donors (Lipinski definition) is 1. The van der Waals surface area contributed by atoms with E-state index in [4.69, 9.17) is 16.3 Å². The molecule has 2 aromatic rings. The summed E-state index contributed by atoms with van der Waals surface area (Å²) in [6.45, 7) is 1.50. The first-order chi connectivity index (χ1) is 12.0. The summed E-state index contributed by atoms with van der Waals surface area (Å²) in [5.74, 6) is -0.755. The molecule has 0 aromatic heterocycles. The van der Waals surface area contributed by atoms with Crippen molar-refractivity contribution in [3.05, 3.63) is 59.4 Å². The average Bonchev–Trinajstić information content (AvgIpc) is 2.58. The third-order valence-corrected chi connectivity index (χ3v) is 4.54. The van der Waals surface area contributed by atoms with Gasteiger partial charge in [0.15, 0.2) is 6.10 Å². The number of hydrogen-bond acceptors (Lipinski definition) is 4. The maximum atomic E-state index is 12.8. The predicted octanol–water partition coefficient (Wildman–Crippen LogP) is 4.53. The molecular weight excluding hydrogens is 365 g/mol. The van der Waals surface area contributed by atoms with Crippen molar-refractivity contribution < 1.29 is 18.7 Å². The van der Waals surface area contributed by atoms with Gasteiger partial charge in [-0.3, -0.25) is 9.59 Å². The lowest BCUT2D eigenvalue weighted by Crippen LogP contribution is -2.30. The number of benzene rings is 2. The number of carbonyl (C=O) groups is 2. The van der Waals surface area contributed by atoms with Gasteiger partial charge < -0.3 is 10.1 Å². The molecule has 0 spiro atoms. The third kappa shape index (κ3) is 6.40. The number of carbonyl (C=O) groups excluding carboxylic acids is 2. The number of ether oxygens (including phenoxy) is 1. The first-order valence-electron chi connectivity index (χ1n) is 7.59. The van der Waals surface area contributed by atoms with Crippen LogP contribution in [0.25, 0.3) is 0 Å². The number of anilines is 1. The first-order valence-corrected chi connectivity index (χ1v) is 8.95. The SMILES string of the molecule is C[C@@H](OC(=O)CCSc1ccc(F)cc1)C(=O)Nc1ccccc1Cl. The second kappa shape index (κ2) is 9.44. The van der Waals surface area contributed by atoms with Crippen molar-refractivity contribution in [2.45, 2.75) is 24.3 Å². The van der Waals surface area contributed by atoms with Crippen molar-refractivity contribution in [1.82, 2.24) is 0 Å². The molecule has 1 atom stereocenters. The molecule has 0 aliphatic carbocycles. The van der Waals surface area contributed by atoms with E-state index in [2.05, 4.69) is 5.32 Å². The van der Waals surface area contributed by atoms with Crippen LogP contribution in [0.15, 0.2) is 53.4 Å². The zero-order chi connectivity index (χ0) is 18.2. The van der Waals surface area contributed by atoms with Gasteiger partial charge in [-0.2, -0.15) is 0 Å².